The number of fused-ring (bicyclic) bond motifs is 1. The Morgan fingerprint density at radius 3 is 2.96 bits per heavy atom. The highest BCUT2D eigenvalue weighted by Crippen LogP contribution is 2.46. The highest BCUT2D eigenvalue weighted by atomic mass is 31.0. The molecule has 4 nitrogen and oxygen atoms in total. The van der Waals surface area contributed by atoms with Crippen LogP contribution in [0.15, 0.2) is 35.9 Å². The summed E-state index contributed by atoms with van der Waals surface area (Å²) in [6.45, 7) is 2.92. The molecular weight excluding hydrogens is 324 g/mol. The molecule has 2 aliphatic rings. The number of carbonyl (C=O) groups is 1. The zero-order valence-corrected chi connectivity index (χ0v) is 14.6. The van der Waals surface area contributed by atoms with Gasteiger partial charge in [0, 0.05) is 19.0 Å². The maximum Gasteiger partial charge on any atom is 0.176 e. The van der Waals surface area contributed by atoms with Gasteiger partial charge in [-0.2, -0.15) is 5.26 Å². The molecule has 1 fully saturated rings. The van der Waals surface area contributed by atoms with Gasteiger partial charge in [-0.05, 0) is 36.1 Å². The van der Waals surface area contributed by atoms with E-state index in [1.54, 1.807) is 12.1 Å². The highest BCUT2D eigenvalue weighted by Gasteiger charge is 2.50. The Hall–Kier alpha value is -2.05. The minimum absolute atomic E-state index is 0.0108. The van der Waals surface area contributed by atoms with Crippen LogP contribution in [0.4, 0.5) is 4.39 Å². The van der Waals surface area contributed by atoms with E-state index in [-0.39, 0.29) is 29.0 Å². The number of ketones is 1. The summed E-state index contributed by atoms with van der Waals surface area (Å²) in [7, 11) is 2.69. The van der Waals surface area contributed by atoms with Gasteiger partial charge in [-0.25, -0.2) is 4.39 Å². The smallest absolute Gasteiger partial charge is 0.176 e. The van der Waals surface area contributed by atoms with Gasteiger partial charge < -0.3 is 4.90 Å². The number of piperidine rings is 1. The number of rotatable bonds is 2. The molecule has 24 heavy (non-hydrogen) atoms. The maximum absolute atomic E-state index is 13.4. The number of carbonyl (C=O) groups excluding carboxylic acids is 1. The van der Waals surface area contributed by atoms with Gasteiger partial charge in [0.2, 0.25) is 0 Å². The molecule has 0 amide bonds. The predicted molar refractivity (Wildman–Crippen MR) is 93.0 cm³/mol. The van der Waals surface area contributed by atoms with Gasteiger partial charge in [0.25, 0.3) is 0 Å². The molecule has 4 atom stereocenters. The summed E-state index contributed by atoms with van der Waals surface area (Å²) in [4.78, 5) is 14.1. The molecule has 1 unspecified atom stereocenters. The molecular formula is C18H19FN3OP. The lowest BCUT2D eigenvalue weighted by Crippen LogP contribution is -2.57. The van der Waals surface area contributed by atoms with Crippen molar-refractivity contribution in [3.05, 3.63) is 47.3 Å². The topological polar surface area (TPSA) is 68.0 Å². The summed E-state index contributed by atoms with van der Waals surface area (Å²) in [6, 6.07) is 8.33. The van der Waals surface area contributed by atoms with Gasteiger partial charge in [0.1, 0.15) is 17.7 Å². The lowest BCUT2D eigenvalue weighted by atomic mass is 9.68. The van der Waals surface area contributed by atoms with Gasteiger partial charge in [-0.3, -0.25) is 10.2 Å². The predicted octanol–water partition coefficient (Wildman–Crippen LogP) is 2.91. The van der Waals surface area contributed by atoms with Gasteiger partial charge in [-0.15, -0.1) is 9.24 Å². The minimum Gasteiger partial charge on any atom is -0.355 e. The van der Waals surface area contributed by atoms with E-state index in [2.05, 4.69) is 9.24 Å². The third kappa shape index (κ3) is 2.65. The van der Waals surface area contributed by atoms with Crippen LogP contribution < -0.4 is 0 Å². The van der Waals surface area contributed by atoms with Crippen LogP contribution in [0.2, 0.25) is 0 Å². The van der Waals surface area contributed by atoms with Crippen LogP contribution in [0, 0.1) is 34.4 Å². The first-order valence-corrected chi connectivity index (χ1v) is 8.49. The van der Waals surface area contributed by atoms with Crippen molar-refractivity contribution in [1.82, 2.24) is 4.90 Å². The fourth-order valence-corrected chi connectivity index (χ4v) is 4.58. The zero-order chi connectivity index (χ0) is 17.5. The van der Waals surface area contributed by atoms with Gasteiger partial charge in [0.05, 0.1) is 10.7 Å². The molecule has 6 heteroatoms. The number of nitrogens with zero attached hydrogens (tertiary/aromatic N) is 2. The zero-order valence-electron chi connectivity index (χ0n) is 13.4. The number of nitrogens with one attached hydrogen (secondary N) is 1. The average molecular weight is 343 g/mol. The van der Waals surface area contributed by atoms with Gasteiger partial charge >= 0.3 is 0 Å². The molecule has 124 valence electrons. The number of hydrogen-bond donors (Lipinski definition) is 1. The molecule has 1 aliphatic carbocycles. The fraction of sp³-hybridized carbons (Fsp3) is 0.389. The number of hydrogen-bond acceptors (Lipinski definition) is 3. The number of likely N-dealkylation sites (tertiary alicyclic amines) is 1. The average Bonchev–Trinajstić information content (AvgIpc) is 2.55. The molecule has 1 aromatic rings. The second-order valence-electron chi connectivity index (χ2n) is 6.55. The molecule has 0 saturated carbocycles. The van der Waals surface area contributed by atoms with E-state index in [1.165, 1.54) is 12.1 Å². The van der Waals surface area contributed by atoms with Crippen molar-refractivity contribution in [2.24, 2.45) is 11.8 Å². The summed E-state index contributed by atoms with van der Waals surface area (Å²) in [5, 5.41) is 17.1. The largest absolute Gasteiger partial charge is 0.355 e. The second-order valence-corrected chi connectivity index (χ2v) is 7.51. The number of amidine groups is 1. The first-order chi connectivity index (χ1) is 11.4. The van der Waals surface area contributed by atoms with E-state index in [0.717, 1.165) is 12.0 Å². The standard InChI is InChI=1S/C18H19FN3OP/c1-11-15-5-6-22(10-12-3-2-4-14(19)7-12)17(21)18(15,24)8-13(9-20)16(11)23/h2-4,7-8,11,15,21H,5-6,10,24H2,1H3/t11-,15-,18+/m1/s1. The van der Waals surface area contributed by atoms with Crippen molar-refractivity contribution in [3.63, 3.8) is 0 Å². The summed E-state index contributed by atoms with van der Waals surface area (Å²) in [5.74, 6) is -0.354. The monoisotopic (exact) mass is 343 g/mol. The normalized spacial score (nSPS) is 29.8. The van der Waals surface area contributed by atoms with E-state index >= 15 is 0 Å². The highest BCUT2D eigenvalue weighted by molar-refractivity contribution is 7.21. The molecule has 0 aromatic heterocycles. The molecule has 0 spiro atoms. The summed E-state index contributed by atoms with van der Waals surface area (Å²) in [6.07, 6.45) is 2.38. The molecule has 0 bridgehead atoms. The van der Waals surface area contributed by atoms with Crippen LogP contribution in [-0.2, 0) is 11.3 Å². The molecule has 3 rings (SSSR count). The SMILES string of the molecule is C[C@H]1C(=O)C(C#N)=C[C@@]2(P)C(=N)N(Cc3cccc(F)c3)CC[C@H]12. The molecule has 1 N–H and O–H groups in total. The van der Waals surface area contributed by atoms with Crippen molar-refractivity contribution in [2.75, 3.05) is 6.54 Å². The Morgan fingerprint density at radius 1 is 1.54 bits per heavy atom. The summed E-state index contributed by atoms with van der Waals surface area (Å²) >= 11 is 0. The summed E-state index contributed by atoms with van der Waals surface area (Å²) in [5.41, 5.74) is 0.933. The van der Waals surface area contributed by atoms with Crippen LogP contribution in [-0.4, -0.2) is 28.2 Å². The first-order valence-electron chi connectivity index (χ1n) is 7.91. The third-order valence-electron chi connectivity index (χ3n) is 5.10. The van der Waals surface area contributed by atoms with E-state index in [1.807, 2.05) is 24.0 Å². The number of nitriles is 1. The lowest BCUT2D eigenvalue weighted by Gasteiger charge is -2.49. The van der Waals surface area contributed by atoms with E-state index in [4.69, 9.17) is 5.41 Å². The summed E-state index contributed by atoms with van der Waals surface area (Å²) < 4.78 is 13.4. The minimum atomic E-state index is -0.718. The number of allylic oxidation sites excluding steroid dienone is 1. The number of benzene rings is 1. The van der Waals surface area contributed by atoms with Crippen molar-refractivity contribution < 1.29 is 9.18 Å². The maximum atomic E-state index is 13.4. The number of Topliss-reactive ketones (excluding diaryl/α,β-unsaturated/α-hetero) is 1. The first kappa shape index (κ1) is 16.8. The Kier molecular flexibility index (Phi) is 4.27. The van der Waals surface area contributed by atoms with Crippen molar-refractivity contribution in [3.8, 4) is 6.07 Å². The Bertz CT molecular complexity index is 785. The van der Waals surface area contributed by atoms with E-state index in [0.29, 0.717) is 18.9 Å². The van der Waals surface area contributed by atoms with E-state index < -0.39 is 5.16 Å². The molecule has 1 heterocycles. The van der Waals surface area contributed by atoms with Crippen LogP contribution in [0.3, 0.4) is 0 Å². The van der Waals surface area contributed by atoms with Crippen LogP contribution >= 0.6 is 9.24 Å². The Labute approximate surface area is 143 Å². The second kappa shape index (κ2) is 6.11. The lowest BCUT2D eigenvalue weighted by molar-refractivity contribution is -0.120. The fourth-order valence-electron chi connectivity index (χ4n) is 3.77. The van der Waals surface area contributed by atoms with Crippen LogP contribution in [0.1, 0.15) is 18.9 Å². The Morgan fingerprint density at radius 2 is 2.29 bits per heavy atom. The van der Waals surface area contributed by atoms with Gasteiger partial charge in [0.15, 0.2) is 5.78 Å². The van der Waals surface area contributed by atoms with Gasteiger partial charge in [-0.1, -0.05) is 19.1 Å². The third-order valence-corrected chi connectivity index (χ3v) is 5.97. The van der Waals surface area contributed by atoms with Crippen LogP contribution in [0.25, 0.3) is 0 Å². The van der Waals surface area contributed by atoms with Crippen molar-refractivity contribution >= 4 is 20.9 Å². The van der Waals surface area contributed by atoms with Crippen molar-refractivity contribution in [2.45, 2.75) is 25.0 Å². The van der Waals surface area contributed by atoms with Crippen LogP contribution in [0.5, 0.6) is 0 Å². The quantitative estimate of drug-likeness (QED) is 0.840. The van der Waals surface area contributed by atoms with E-state index in [9.17, 15) is 14.4 Å². The molecule has 0 radical (unpaired) electrons. The molecule has 1 aromatic carbocycles. The number of halogens is 1. The molecule has 1 aliphatic heterocycles. The Balaban J connectivity index is 1.92. The van der Waals surface area contributed by atoms with Crippen molar-refractivity contribution in [1.29, 1.82) is 10.7 Å². The molecule has 1 saturated heterocycles.